The zero-order valence-electron chi connectivity index (χ0n) is 13.2. The number of hydrogen-bond donors (Lipinski definition) is 2. The van der Waals surface area contributed by atoms with Crippen molar-refractivity contribution in [2.24, 2.45) is 0 Å². The molecule has 1 unspecified atom stereocenters. The van der Waals surface area contributed by atoms with E-state index in [1.54, 1.807) is 6.92 Å². The Morgan fingerprint density at radius 2 is 2.00 bits per heavy atom. The highest BCUT2D eigenvalue weighted by atomic mass is 32.2. The van der Waals surface area contributed by atoms with Gasteiger partial charge in [0, 0.05) is 35.6 Å². The maximum atomic E-state index is 12.1. The molecule has 23 heavy (non-hydrogen) atoms. The number of Topliss-reactive ketones (excluding diaryl/α,β-unsaturated/α-hetero) is 1. The lowest BCUT2D eigenvalue weighted by Gasteiger charge is -2.15. The molecule has 0 radical (unpaired) electrons. The first kappa shape index (κ1) is 19.2. The normalized spacial score (nSPS) is 17.0. The minimum Gasteiger partial charge on any atom is -0.481 e. The molecule has 0 aromatic heterocycles. The molecule has 0 bridgehead atoms. The number of esters is 1. The minimum atomic E-state index is -0.919. The smallest absolute Gasteiger partial charge is 0.379 e. The predicted octanol–water partition coefficient (Wildman–Crippen LogP) is 1.27. The summed E-state index contributed by atoms with van der Waals surface area (Å²) in [6.07, 6.45) is 1.91. The molecule has 1 atom stereocenters. The number of ketones is 1. The van der Waals surface area contributed by atoms with Gasteiger partial charge in [0.05, 0.1) is 6.61 Å². The van der Waals surface area contributed by atoms with Crippen LogP contribution in [0.1, 0.15) is 39.5 Å². The SMILES string of the molecule is CCOC(=O)C(=O)C1=C(NC(C)=O)C(CCCCC(=O)O)SC1. The van der Waals surface area contributed by atoms with Gasteiger partial charge in [0.1, 0.15) is 0 Å². The Bertz CT molecular complexity index is 528. The number of rotatable bonds is 9. The molecule has 1 amide bonds. The molecule has 0 saturated carbocycles. The van der Waals surface area contributed by atoms with E-state index in [4.69, 9.17) is 9.84 Å². The summed E-state index contributed by atoms with van der Waals surface area (Å²) in [6, 6.07) is 0. The highest BCUT2D eigenvalue weighted by molar-refractivity contribution is 8.00. The first-order chi connectivity index (χ1) is 10.9. The van der Waals surface area contributed by atoms with Crippen LogP contribution in [0.3, 0.4) is 0 Å². The van der Waals surface area contributed by atoms with Crippen LogP contribution >= 0.6 is 11.8 Å². The first-order valence-corrected chi connectivity index (χ1v) is 8.47. The zero-order valence-corrected chi connectivity index (χ0v) is 14.0. The van der Waals surface area contributed by atoms with Crippen molar-refractivity contribution in [3.63, 3.8) is 0 Å². The van der Waals surface area contributed by atoms with E-state index < -0.39 is 17.7 Å². The second-order valence-electron chi connectivity index (χ2n) is 5.06. The van der Waals surface area contributed by atoms with Crippen LogP contribution in [0.5, 0.6) is 0 Å². The number of aliphatic carboxylic acids is 1. The van der Waals surface area contributed by atoms with E-state index in [0.717, 1.165) is 0 Å². The number of carboxylic acids is 1. The van der Waals surface area contributed by atoms with Gasteiger partial charge in [-0.25, -0.2) is 4.79 Å². The average Bonchev–Trinajstić information content (AvgIpc) is 2.85. The second-order valence-corrected chi connectivity index (χ2v) is 6.25. The number of carbonyl (C=O) groups excluding carboxylic acids is 3. The lowest BCUT2D eigenvalue weighted by molar-refractivity contribution is -0.151. The fraction of sp³-hybridized carbons (Fsp3) is 0.600. The van der Waals surface area contributed by atoms with Crippen LogP contribution in [0.4, 0.5) is 0 Å². The summed E-state index contributed by atoms with van der Waals surface area (Å²) in [5.74, 6) is -2.47. The summed E-state index contributed by atoms with van der Waals surface area (Å²) in [4.78, 5) is 45.6. The molecule has 1 heterocycles. The van der Waals surface area contributed by atoms with Gasteiger partial charge in [-0.3, -0.25) is 14.4 Å². The standard InChI is InChI=1S/C15H21NO6S/c1-3-22-15(21)14(20)10-8-23-11(13(10)16-9(2)17)6-4-5-7-12(18)19/h11H,3-8H2,1-2H3,(H,16,17)(H,18,19). The van der Waals surface area contributed by atoms with Crippen molar-refractivity contribution in [3.8, 4) is 0 Å². The number of thioether (sulfide) groups is 1. The van der Waals surface area contributed by atoms with Crippen molar-refractivity contribution in [3.05, 3.63) is 11.3 Å². The third kappa shape index (κ3) is 6.05. The number of nitrogens with one attached hydrogen (secondary N) is 1. The van der Waals surface area contributed by atoms with Gasteiger partial charge in [-0.15, -0.1) is 11.8 Å². The summed E-state index contributed by atoms with van der Waals surface area (Å²) in [7, 11) is 0. The number of hydrogen-bond acceptors (Lipinski definition) is 6. The minimum absolute atomic E-state index is 0.0885. The summed E-state index contributed by atoms with van der Waals surface area (Å²) in [5.41, 5.74) is 0.725. The Labute approximate surface area is 138 Å². The molecular weight excluding hydrogens is 322 g/mol. The highest BCUT2D eigenvalue weighted by Gasteiger charge is 2.33. The van der Waals surface area contributed by atoms with Gasteiger partial charge in [0.25, 0.3) is 5.78 Å². The Morgan fingerprint density at radius 1 is 1.30 bits per heavy atom. The molecular formula is C15H21NO6S. The monoisotopic (exact) mass is 343 g/mol. The zero-order chi connectivity index (χ0) is 17.4. The summed E-state index contributed by atoms with van der Waals surface area (Å²) in [5, 5.41) is 11.2. The first-order valence-electron chi connectivity index (χ1n) is 7.42. The van der Waals surface area contributed by atoms with Crippen molar-refractivity contribution in [2.45, 2.75) is 44.8 Å². The van der Waals surface area contributed by atoms with Crippen LogP contribution in [0.15, 0.2) is 11.3 Å². The van der Waals surface area contributed by atoms with E-state index in [9.17, 15) is 19.2 Å². The Kier molecular flexibility index (Phi) is 7.80. The Hall–Kier alpha value is -1.83. The van der Waals surface area contributed by atoms with Crippen LogP contribution < -0.4 is 5.32 Å². The van der Waals surface area contributed by atoms with Gasteiger partial charge in [-0.2, -0.15) is 0 Å². The van der Waals surface area contributed by atoms with Crippen molar-refractivity contribution in [1.82, 2.24) is 5.32 Å². The van der Waals surface area contributed by atoms with Gasteiger partial charge in [0.2, 0.25) is 5.91 Å². The molecule has 128 valence electrons. The van der Waals surface area contributed by atoms with Crippen molar-refractivity contribution in [1.29, 1.82) is 0 Å². The predicted molar refractivity (Wildman–Crippen MR) is 84.8 cm³/mol. The van der Waals surface area contributed by atoms with Crippen LogP contribution in [0, 0.1) is 0 Å². The largest absolute Gasteiger partial charge is 0.481 e. The topological polar surface area (TPSA) is 110 Å². The molecule has 1 rings (SSSR count). The van der Waals surface area contributed by atoms with Crippen LogP contribution in [-0.4, -0.2) is 46.3 Å². The number of ether oxygens (including phenoxy) is 1. The second kappa shape index (κ2) is 9.34. The van der Waals surface area contributed by atoms with Gasteiger partial charge >= 0.3 is 11.9 Å². The van der Waals surface area contributed by atoms with Crippen molar-refractivity contribution >= 4 is 35.4 Å². The maximum Gasteiger partial charge on any atom is 0.379 e. The summed E-state index contributed by atoms with van der Waals surface area (Å²) in [6.45, 7) is 3.06. The molecule has 0 aliphatic carbocycles. The number of carboxylic acid groups (broad SMARTS) is 1. The fourth-order valence-electron chi connectivity index (χ4n) is 2.23. The highest BCUT2D eigenvalue weighted by Crippen LogP contribution is 2.35. The molecule has 1 aliphatic heterocycles. The quantitative estimate of drug-likeness (QED) is 0.368. The van der Waals surface area contributed by atoms with E-state index >= 15 is 0 Å². The van der Waals surface area contributed by atoms with E-state index in [1.807, 2.05) is 0 Å². The molecule has 0 fully saturated rings. The Morgan fingerprint density at radius 3 is 2.57 bits per heavy atom. The lowest BCUT2D eigenvalue weighted by atomic mass is 10.0. The summed E-state index contributed by atoms with van der Waals surface area (Å²) >= 11 is 1.46. The van der Waals surface area contributed by atoms with E-state index in [1.165, 1.54) is 18.7 Å². The van der Waals surface area contributed by atoms with Gasteiger partial charge in [-0.05, 0) is 19.8 Å². The van der Waals surface area contributed by atoms with Crippen molar-refractivity contribution in [2.75, 3.05) is 12.4 Å². The lowest BCUT2D eigenvalue weighted by Crippen LogP contribution is -2.29. The van der Waals surface area contributed by atoms with E-state index in [-0.39, 0.29) is 29.8 Å². The van der Waals surface area contributed by atoms with Gasteiger partial charge in [-0.1, -0.05) is 6.42 Å². The molecule has 0 aromatic carbocycles. The molecule has 0 spiro atoms. The third-order valence-corrected chi connectivity index (χ3v) is 4.56. The number of unbranched alkanes of at least 4 members (excludes halogenated alkanes) is 1. The molecule has 2 N–H and O–H groups in total. The molecule has 0 aromatic rings. The maximum absolute atomic E-state index is 12.1. The third-order valence-electron chi connectivity index (χ3n) is 3.23. The van der Waals surface area contributed by atoms with Gasteiger partial charge < -0.3 is 15.2 Å². The van der Waals surface area contributed by atoms with Crippen LogP contribution in [0.25, 0.3) is 0 Å². The molecule has 8 heteroatoms. The van der Waals surface area contributed by atoms with Crippen molar-refractivity contribution < 1.29 is 29.0 Å². The fourth-order valence-corrected chi connectivity index (χ4v) is 3.58. The molecule has 7 nitrogen and oxygen atoms in total. The van der Waals surface area contributed by atoms with E-state index in [2.05, 4.69) is 5.32 Å². The molecule has 0 saturated heterocycles. The average molecular weight is 343 g/mol. The Balaban J connectivity index is 2.79. The number of amides is 1. The number of carbonyl (C=O) groups is 4. The van der Waals surface area contributed by atoms with Gasteiger partial charge in [0.15, 0.2) is 0 Å². The summed E-state index contributed by atoms with van der Waals surface area (Å²) < 4.78 is 4.72. The van der Waals surface area contributed by atoms with Crippen LogP contribution in [-0.2, 0) is 23.9 Å². The molecule has 1 aliphatic rings. The van der Waals surface area contributed by atoms with E-state index in [0.29, 0.717) is 30.7 Å². The van der Waals surface area contributed by atoms with Crippen LogP contribution in [0.2, 0.25) is 0 Å².